The maximum Gasteiger partial charge on any atom is 0.317 e. The summed E-state index contributed by atoms with van der Waals surface area (Å²) in [5.74, 6) is 2.85. The van der Waals surface area contributed by atoms with Gasteiger partial charge in [0.05, 0.1) is 19.8 Å². The van der Waals surface area contributed by atoms with Gasteiger partial charge in [0.2, 0.25) is 17.9 Å². The average Bonchev–Trinajstić information content (AvgIpc) is 3.84. The van der Waals surface area contributed by atoms with Crippen molar-refractivity contribution in [3.05, 3.63) is 117 Å². The summed E-state index contributed by atoms with van der Waals surface area (Å²) in [6.45, 7) is 7.70. The van der Waals surface area contributed by atoms with E-state index in [-0.39, 0.29) is 17.8 Å². The number of nitrogens with zero attached hydrogens (tertiary/aromatic N) is 2. The maximum atomic E-state index is 12.2. The fourth-order valence-electron chi connectivity index (χ4n) is 6.75. The molecule has 0 saturated carbocycles. The molecule has 0 radical (unpaired) electrons. The molecule has 0 atom stereocenters. The second-order valence-corrected chi connectivity index (χ2v) is 16.2. The van der Waals surface area contributed by atoms with Crippen LogP contribution >= 0.6 is 23.2 Å². The van der Waals surface area contributed by atoms with Crippen molar-refractivity contribution in [3.8, 4) is 11.5 Å². The predicted octanol–water partition coefficient (Wildman–Crippen LogP) is 7.59. The van der Waals surface area contributed by atoms with Crippen molar-refractivity contribution in [2.75, 3.05) is 63.2 Å². The summed E-state index contributed by atoms with van der Waals surface area (Å²) in [4.78, 5) is 49.8. The first-order valence-corrected chi connectivity index (χ1v) is 21.4. The van der Waals surface area contributed by atoms with Crippen LogP contribution in [0.2, 0.25) is 10.0 Å². The zero-order chi connectivity index (χ0) is 42.8. The number of hydrogen-bond acceptors (Lipinski definition) is 9. The molecule has 15 heteroatoms. The van der Waals surface area contributed by atoms with Crippen LogP contribution in [0.15, 0.2) is 89.9 Å². The standard InChI is InChI=1S/C21H22ClN3O3.C13H16N2O2.C8H6ClNO.C4H8O/c22-17-4-1-14(2-5-17)10-23-21(27)25-11-15(12-25)13-28-18-6-7-19-16(9-18)3-8-20(26)24-19;16-13-4-1-10-5-11(2-3-12(10)15-13)17-8-9-6-14-7-9;9-8-3-1-7(2-4-8)5-10-6-11;1-2-4-5-3-1/h1-2,4-7,9,15H,3,8,10-13H2,(H,23,27)(H,24,26);2-3,5,9,14H,1,4,6-8H2,(H,15,16);1-4H,5H2;1-4H2. The number of aliphatic imine (C=N–C) groups is 1. The normalized spacial score (nSPS) is 16.3. The van der Waals surface area contributed by atoms with Gasteiger partial charge in [0.25, 0.3) is 0 Å². The number of amides is 4. The van der Waals surface area contributed by atoms with Crippen LogP contribution in [0.25, 0.3) is 0 Å². The van der Waals surface area contributed by atoms with E-state index in [0.717, 1.165) is 85.3 Å². The topological polar surface area (TPSA) is 160 Å². The molecule has 3 fully saturated rings. The van der Waals surface area contributed by atoms with Crippen molar-refractivity contribution < 1.29 is 33.4 Å². The number of urea groups is 1. The van der Waals surface area contributed by atoms with E-state index in [1.807, 2.05) is 72.8 Å². The molecule has 13 nitrogen and oxygen atoms in total. The first kappa shape index (κ1) is 45.1. The number of isocyanates is 1. The molecule has 0 spiro atoms. The number of fused-ring (bicyclic) bond motifs is 2. The number of anilines is 2. The molecule has 0 aromatic heterocycles. The monoisotopic (exact) mass is 870 g/mol. The fourth-order valence-corrected chi connectivity index (χ4v) is 7.00. The molecule has 4 N–H and O–H groups in total. The Balaban J connectivity index is 0.000000158. The Hall–Kier alpha value is -5.43. The number of nitrogens with one attached hydrogen (secondary N) is 4. The molecule has 3 saturated heterocycles. The minimum absolute atomic E-state index is 0.0595. The second-order valence-electron chi connectivity index (χ2n) is 15.3. The molecular weight excluding hydrogens is 819 g/mol. The molecule has 4 amide bonds. The highest BCUT2D eigenvalue weighted by molar-refractivity contribution is 6.30. The minimum Gasteiger partial charge on any atom is -0.493 e. The van der Waals surface area contributed by atoms with E-state index >= 15 is 0 Å². The zero-order valence-electron chi connectivity index (χ0n) is 34.1. The van der Waals surface area contributed by atoms with Gasteiger partial charge in [-0.3, -0.25) is 9.59 Å². The number of halogens is 2. The van der Waals surface area contributed by atoms with Crippen molar-refractivity contribution in [1.82, 2.24) is 15.5 Å². The Morgan fingerprint density at radius 1 is 0.738 bits per heavy atom. The van der Waals surface area contributed by atoms with E-state index in [4.69, 9.17) is 37.4 Å². The summed E-state index contributed by atoms with van der Waals surface area (Å²) in [7, 11) is 0. The molecule has 61 heavy (non-hydrogen) atoms. The third kappa shape index (κ3) is 14.9. The van der Waals surface area contributed by atoms with Crippen molar-refractivity contribution >= 4 is 58.5 Å². The van der Waals surface area contributed by atoms with Gasteiger partial charge in [-0.25, -0.2) is 14.6 Å². The number of rotatable bonds is 10. The Bertz CT molecular complexity index is 2110. The van der Waals surface area contributed by atoms with Crippen LogP contribution in [0, 0.1) is 11.8 Å². The van der Waals surface area contributed by atoms with E-state index in [2.05, 4.69) is 26.3 Å². The molecule has 9 rings (SSSR count). The van der Waals surface area contributed by atoms with E-state index in [0.29, 0.717) is 67.5 Å². The van der Waals surface area contributed by atoms with Crippen LogP contribution in [0.3, 0.4) is 0 Å². The highest BCUT2D eigenvalue weighted by Gasteiger charge is 2.31. The van der Waals surface area contributed by atoms with Crippen LogP contribution in [-0.4, -0.2) is 81.4 Å². The molecule has 0 aliphatic carbocycles. The number of ether oxygens (including phenoxy) is 3. The lowest BCUT2D eigenvalue weighted by Gasteiger charge is -2.38. The van der Waals surface area contributed by atoms with Crippen molar-refractivity contribution in [3.63, 3.8) is 0 Å². The molecule has 5 aliphatic heterocycles. The van der Waals surface area contributed by atoms with E-state index < -0.39 is 0 Å². The smallest absolute Gasteiger partial charge is 0.317 e. The lowest BCUT2D eigenvalue weighted by molar-refractivity contribution is -0.117. The van der Waals surface area contributed by atoms with Gasteiger partial charge in [-0.15, -0.1) is 0 Å². The average molecular weight is 872 g/mol. The first-order chi connectivity index (χ1) is 29.7. The highest BCUT2D eigenvalue weighted by Crippen LogP contribution is 2.29. The van der Waals surface area contributed by atoms with Crippen LogP contribution < -0.4 is 30.7 Å². The van der Waals surface area contributed by atoms with Gasteiger partial charge in [0.1, 0.15) is 11.5 Å². The SMILES string of the molecule is C1CCOC1.O=C1CCc2cc(OCC3CN(C(=O)NCc4ccc(Cl)cc4)C3)ccc2N1.O=C1CCc2cc(OCC3CNC3)ccc2N1.O=C=NCc1ccc(Cl)cc1. The lowest BCUT2D eigenvalue weighted by atomic mass is 10.0. The van der Waals surface area contributed by atoms with Crippen LogP contribution in [0.4, 0.5) is 16.2 Å². The number of benzene rings is 4. The van der Waals surface area contributed by atoms with E-state index in [1.54, 1.807) is 17.0 Å². The molecule has 322 valence electrons. The first-order valence-electron chi connectivity index (χ1n) is 20.7. The van der Waals surface area contributed by atoms with Crippen LogP contribution in [0.5, 0.6) is 11.5 Å². The summed E-state index contributed by atoms with van der Waals surface area (Å²) >= 11 is 11.5. The number of aryl methyl sites for hydroxylation is 2. The zero-order valence-corrected chi connectivity index (χ0v) is 35.6. The van der Waals surface area contributed by atoms with Crippen LogP contribution in [0.1, 0.15) is 47.9 Å². The number of carbonyl (C=O) groups excluding carboxylic acids is 4. The van der Waals surface area contributed by atoms with Gasteiger partial charge in [-0.2, -0.15) is 0 Å². The molecule has 5 aliphatic rings. The predicted molar refractivity (Wildman–Crippen MR) is 236 cm³/mol. The van der Waals surface area contributed by atoms with E-state index in [1.165, 1.54) is 24.5 Å². The van der Waals surface area contributed by atoms with Gasteiger partial charge >= 0.3 is 6.03 Å². The summed E-state index contributed by atoms with van der Waals surface area (Å²) in [5.41, 5.74) is 6.05. The molecule has 0 bridgehead atoms. The van der Waals surface area contributed by atoms with Crippen LogP contribution in [-0.2, 0) is 45.1 Å². The maximum absolute atomic E-state index is 12.2. The minimum atomic E-state index is -0.0595. The molecular formula is C46H52Cl2N6O7. The third-order valence-corrected chi connectivity index (χ3v) is 11.0. The highest BCUT2D eigenvalue weighted by atomic mass is 35.5. The summed E-state index contributed by atoms with van der Waals surface area (Å²) < 4.78 is 16.6. The van der Waals surface area contributed by atoms with Crippen molar-refractivity contribution in [2.24, 2.45) is 16.8 Å². The van der Waals surface area contributed by atoms with Gasteiger partial charge in [0.15, 0.2) is 0 Å². The van der Waals surface area contributed by atoms with Crippen molar-refractivity contribution in [1.29, 1.82) is 0 Å². The summed E-state index contributed by atoms with van der Waals surface area (Å²) in [5, 5.41) is 13.3. The lowest BCUT2D eigenvalue weighted by Crippen LogP contribution is -2.55. The summed E-state index contributed by atoms with van der Waals surface area (Å²) in [6.07, 6.45) is 6.66. The number of likely N-dealkylation sites (tertiary alicyclic amines) is 1. The fraction of sp³-hybridized carbons (Fsp3) is 0.391. The van der Waals surface area contributed by atoms with Gasteiger partial charge < -0.3 is 40.4 Å². The Morgan fingerprint density at radius 3 is 1.74 bits per heavy atom. The molecule has 4 aromatic rings. The Morgan fingerprint density at radius 2 is 1.26 bits per heavy atom. The number of hydrogen-bond donors (Lipinski definition) is 4. The second kappa shape index (κ2) is 23.5. The largest absolute Gasteiger partial charge is 0.493 e. The van der Waals surface area contributed by atoms with Gasteiger partial charge in [-0.05, 0) is 109 Å². The Kier molecular flexibility index (Phi) is 17.4. The Labute approximate surface area is 366 Å². The molecule has 4 aromatic carbocycles. The third-order valence-electron chi connectivity index (χ3n) is 10.4. The number of carbonyl (C=O) groups is 3. The van der Waals surface area contributed by atoms with E-state index in [9.17, 15) is 19.2 Å². The molecule has 5 heterocycles. The quantitative estimate of drug-likeness (QED) is 0.0938. The van der Waals surface area contributed by atoms with Gasteiger partial charge in [0, 0.05) is 92.0 Å². The van der Waals surface area contributed by atoms with Gasteiger partial charge in [-0.1, -0.05) is 47.5 Å². The van der Waals surface area contributed by atoms with Crippen molar-refractivity contribution in [2.45, 2.75) is 51.6 Å². The summed E-state index contributed by atoms with van der Waals surface area (Å²) in [6, 6.07) is 26.2. The molecule has 0 unspecified atom stereocenters.